The highest BCUT2D eigenvalue weighted by atomic mass is 16.5. The van der Waals surface area contributed by atoms with Crippen molar-refractivity contribution in [3.8, 4) is 5.75 Å². The number of benzene rings is 3. The summed E-state index contributed by atoms with van der Waals surface area (Å²) in [5.41, 5.74) is 3.13. The van der Waals surface area contributed by atoms with Gasteiger partial charge >= 0.3 is 0 Å². The quantitative estimate of drug-likeness (QED) is 0.577. The Balaban J connectivity index is 1.58. The molecular weight excluding hydrogens is 384 g/mol. The summed E-state index contributed by atoms with van der Waals surface area (Å²) in [4.78, 5) is 15.9. The average Bonchev–Trinajstić information content (AvgIpc) is 3.36. The van der Waals surface area contributed by atoms with Crippen molar-refractivity contribution in [2.75, 3.05) is 26.7 Å². The van der Waals surface area contributed by atoms with Gasteiger partial charge in [0.2, 0.25) is 5.91 Å². The van der Waals surface area contributed by atoms with Crippen LogP contribution in [0.5, 0.6) is 5.75 Å². The molecule has 1 fully saturated rings. The summed E-state index contributed by atoms with van der Waals surface area (Å²) in [6.07, 6.45) is 2.38. The Morgan fingerprint density at radius 3 is 2.00 bits per heavy atom. The zero-order chi connectivity index (χ0) is 21.5. The van der Waals surface area contributed by atoms with E-state index >= 15 is 0 Å². The van der Waals surface area contributed by atoms with Crippen molar-refractivity contribution in [3.63, 3.8) is 0 Å². The number of carbonyl (C=O) groups is 1. The Kier molecular flexibility index (Phi) is 7.00. The van der Waals surface area contributed by atoms with E-state index in [1.807, 2.05) is 78.9 Å². The van der Waals surface area contributed by atoms with Crippen LogP contribution in [0.2, 0.25) is 0 Å². The topological polar surface area (TPSA) is 41.6 Å². The number of rotatable bonds is 8. The lowest BCUT2D eigenvalue weighted by Crippen LogP contribution is -2.39. The lowest BCUT2D eigenvalue weighted by molar-refractivity contribution is -0.121. The lowest BCUT2D eigenvalue weighted by Gasteiger charge is -2.30. The van der Waals surface area contributed by atoms with Crippen LogP contribution in [0.1, 0.15) is 41.5 Å². The number of para-hydroxylation sites is 1. The minimum Gasteiger partial charge on any atom is -0.496 e. The van der Waals surface area contributed by atoms with Crippen molar-refractivity contribution in [2.45, 2.75) is 24.8 Å². The second-order valence-electron chi connectivity index (χ2n) is 8.00. The van der Waals surface area contributed by atoms with Gasteiger partial charge in [-0.25, -0.2) is 0 Å². The van der Waals surface area contributed by atoms with E-state index in [1.165, 1.54) is 12.8 Å². The molecule has 0 radical (unpaired) electrons. The van der Waals surface area contributed by atoms with Gasteiger partial charge in [0, 0.05) is 12.1 Å². The van der Waals surface area contributed by atoms with Crippen molar-refractivity contribution in [3.05, 3.63) is 102 Å². The summed E-state index contributed by atoms with van der Waals surface area (Å²) < 4.78 is 5.64. The number of hydrogen-bond acceptors (Lipinski definition) is 3. The third-order valence-corrected chi connectivity index (χ3v) is 6.08. The molecule has 0 spiro atoms. The zero-order valence-corrected chi connectivity index (χ0v) is 18.0. The van der Waals surface area contributed by atoms with E-state index in [-0.39, 0.29) is 17.9 Å². The molecule has 31 heavy (non-hydrogen) atoms. The molecule has 1 saturated heterocycles. The molecule has 160 valence electrons. The fourth-order valence-corrected chi connectivity index (χ4v) is 4.52. The molecule has 1 heterocycles. The smallest absolute Gasteiger partial charge is 0.232 e. The van der Waals surface area contributed by atoms with Gasteiger partial charge in [-0.2, -0.15) is 0 Å². The van der Waals surface area contributed by atoms with Crippen molar-refractivity contribution in [1.29, 1.82) is 0 Å². The van der Waals surface area contributed by atoms with Crippen LogP contribution in [0.3, 0.4) is 0 Å². The van der Waals surface area contributed by atoms with E-state index in [0.29, 0.717) is 6.54 Å². The molecule has 3 aromatic carbocycles. The molecule has 4 heteroatoms. The van der Waals surface area contributed by atoms with Crippen LogP contribution in [0.15, 0.2) is 84.9 Å². The van der Waals surface area contributed by atoms with Gasteiger partial charge in [0.15, 0.2) is 0 Å². The minimum atomic E-state index is -0.334. The van der Waals surface area contributed by atoms with Crippen LogP contribution in [-0.2, 0) is 4.79 Å². The molecule has 3 aromatic rings. The zero-order valence-electron chi connectivity index (χ0n) is 18.0. The molecule has 0 unspecified atom stereocenters. The Hall–Kier alpha value is -3.11. The van der Waals surface area contributed by atoms with Crippen molar-refractivity contribution in [2.24, 2.45) is 0 Å². The first kappa shape index (κ1) is 21.1. The first-order valence-electron chi connectivity index (χ1n) is 11.0. The van der Waals surface area contributed by atoms with Gasteiger partial charge in [-0.15, -0.1) is 0 Å². The number of likely N-dealkylation sites (tertiary alicyclic amines) is 1. The monoisotopic (exact) mass is 414 g/mol. The highest BCUT2D eigenvalue weighted by molar-refractivity contribution is 5.87. The van der Waals surface area contributed by atoms with Gasteiger partial charge in [0.25, 0.3) is 0 Å². The third kappa shape index (κ3) is 4.97. The van der Waals surface area contributed by atoms with Crippen LogP contribution in [0.25, 0.3) is 0 Å². The van der Waals surface area contributed by atoms with Crippen molar-refractivity contribution in [1.82, 2.24) is 10.2 Å². The largest absolute Gasteiger partial charge is 0.496 e. The van der Waals surface area contributed by atoms with Crippen LogP contribution in [0.4, 0.5) is 0 Å². The van der Waals surface area contributed by atoms with Crippen LogP contribution >= 0.6 is 0 Å². The third-order valence-electron chi connectivity index (χ3n) is 6.08. The van der Waals surface area contributed by atoms with Crippen LogP contribution < -0.4 is 10.1 Å². The molecule has 0 saturated carbocycles. The number of nitrogens with one attached hydrogen (secondary N) is 1. The summed E-state index contributed by atoms with van der Waals surface area (Å²) in [6.45, 7) is 2.63. The Morgan fingerprint density at radius 2 is 1.42 bits per heavy atom. The molecule has 4 nitrogen and oxygen atoms in total. The maximum absolute atomic E-state index is 13.5. The van der Waals surface area contributed by atoms with Gasteiger partial charge in [-0.05, 0) is 43.1 Å². The highest BCUT2D eigenvalue weighted by Crippen LogP contribution is 2.32. The van der Waals surface area contributed by atoms with Gasteiger partial charge in [-0.3, -0.25) is 9.69 Å². The van der Waals surface area contributed by atoms with E-state index < -0.39 is 0 Å². The Labute approximate surface area is 184 Å². The van der Waals surface area contributed by atoms with Gasteiger partial charge in [0.05, 0.1) is 19.1 Å². The molecular formula is C27H30N2O2. The SMILES string of the molecule is COc1ccccc1[C@H](CNC(=O)C(c1ccccc1)c1ccccc1)N1CCCC1. The molecule has 4 rings (SSSR count). The maximum Gasteiger partial charge on any atom is 0.232 e. The van der Waals surface area contributed by atoms with Gasteiger partial charge < -0.3 is 10.1 Å². The second-order valence-corrected chi connectivity index (χ2v) is 8.00. The number of amides is 1. The summed E-state index contributed by atoms with van der Waals surface area (Å²) in [5.74, 6) is 0.562. The first-order valence-corrected chi connectivity index (χ1v) is 11.0. The number of ether oxygens (including phenoxy) is 1. The van der Waals surface area contributed by atoms with E-state index in [0.717, 1.165) is 35.5 Å². The predicted octanol–water partition coefficient (Wildman–Crippen LogP) is 4.78. The number of carbonyl (C=O) groups excluding carboxylic acids is 1. The van der Waals surface area contributed by atoms with Gasteiger partial charge in [0.1, 0.15) is 5.75 Å². The molecule has 1 amide bonds. The summed E-state index contributed by atoms with van der Waals surface area (Å²) in [7, 11) is 1.71. The van der Waals surface area contributed by atoms with E-state index in [2.05, 4.69) is 16.3 Å². The average molecular weight is 415 g/mol. The van der Waals surface area contributed by atoms with Gasteiger partial charge in [-0.1, -0.05) is 78.9 Å². The maximum atomic E-state index is 13.5. The van der Waals surface area contributed by atoms with Crippen molar-refractivity contribution >= 4 is 5.91 Å². The van der Waals surface area contributed by atoms with Crippen LogP contribution in [0, 0.1) is 0 Å². The minimum absolute atomic E-state index is 0.0245. The summed E-state index contributed by atoms with van der Waals surface area (Å²) in [6, 6.07) is 28.2. The number of nitrogens with zero attached hydrogens (tertiary/aromatic N) is 1. The molecule has 0 bridgehead atoms. The summed E-state index contributed by atoms with van der Waals surface area (Å²) in [5, 5.41) is 3.27. The van der Waals surface area contributed by atoms with E-state index in [9.17, 15) is 4.79 Å². The molecule has 0 aliphatic carbocycles. The second kappa shape index (κ2) is 10.3. The Morgan fingerprint density at radius 1 is 0.871 bits per heavy atom. The normalized spacial score (nSPS) is 15.0. The number of hydrogen-bond donors (Lipinski definition) is 1. The number of methoxy groups -OCH3 is 1. The van der Waals surface area contributed by atoms with Crippen LogP contribution in [-0.4, -0.2) is 37.6 Å². The fourth-order valence-electron chi connectivity index (χ4n) is 4.52. The predicted molar refractivity (Wildman–Crippen MR) is 124 cm³/mol. The standard InChI is InChI=1S/C27H30N2O2/c1-31-25-17-9-8-16-23(25)24(29-18-10-11-19-29)20-28-27(30)26(21-12-4-2-5-13-21)22-14-6-3-7-15-22/h2-9,12-17,24,26H,10-11,18-20H2,1H3,(H,28,30)/t24-/m0/s1. The lowest BCUT2D eigenvalue weighted by atomic mass is 9.90. The van der Waals surface area contributed by atoms with E-state index in [1.54, 1.807) is 7.11 Å². The molecule has 0 aromatic heterocycles. The Bertz CT molecular complexity index is 929. The first-order chi connectivity index (χ1) is 15.3. The molecule has 1 N–H and O–H groups in total. The fraction of sp³-hybridized carbons (Fsp3) is 0.296. The molecule has 1 aliphatic rings. The molecule has 1 atom stereocenters. The highest BCUT2D eigenvalue weighted by Gasteiger charge is 2.28. The van der Waals surface area contributed by atoms with Crippen molar-refractivity contribution < 1.29 is 9.53 Å². The summed E-state index contributed by atoms with van der Waals surface area (Å²) >= 11 is 0. The molecule has 1 aliphatic heterocycles. The van der Waals surface area contributed by atoms with E-state index in [4.69, 9.17) is 4.74 Å².